The smallest absolute Gasteiger partial charge is 0.193 e. The first-order valence-corrected chi connectivity index (χ1v) is 7.27. The van der Waals surface area contributed by atoms with Crippen LogP contribution in [0.1, 0.15) is 5.69 Å². The molecule has 0 amide bonds. The summed E-state index contributed by atoms with van der Waals surface area (Å²) in [6, 6.07) is 8.46. The van der Waals surface area contributed by atoms with Gasteiger partial charge >= 0.3 is 0 Å². The van der Waals surface area contributed by atoms with Crippen LogP contribution in [-0.4, -0.2) is 22.5 Å². The highest BCUT2D eigenvalue weighted by molar-refractivity contribution is 7.15. The molecule has 1 aromatic carbocycles. The molecule has 0 saturated heterocycles. The van der Waals surface area contributed by atoms with Crippen molar-refractivity contribution >= 4 is 27.7 Å². The van der Waals surface area contributed by atoms with E-state index >= 15 is 0 Å². The molecule has 1 aliphatic rings. The Labute approximate surface area is 115 Å². The van der Waals surface area contributed by atoms with E-state index in [2.05, 4.69) is 61.6 Å². The molecule has 4 rings (SSSR count). The second kappa shape index (κ2) is 4.28. The number of nitrogens with one attached hydrogen (secondary N) is 1. The van der Waals surface area contributed by atoms with Crippen molar-refractivity contribution in [3.8, 4) is 0 Å². The fourth-order valence-corrected chi connectivity index (χ4v) is 3.28. The largest absolute Gasteiger partial charge is 0.382 e. The van der Waals surface area contributed by atoms with Crippen molar-refractivity contribution in [2.75, 3.05) is 23.3 Å². The Bertz CT molecular complexity index is 686. The number of anilines is 2. The van der Waals surface area contributed by atoms with Gasteiger partial charge in [-0.3, -0.25) is 4.40 Å². The molecule has 1 aliphatic heterocycles. The first-order valence-electron chi connectivity index (χ1n) is 6.39. The van der Waals surface area contributed by atoms with Gasteiger partial charge in [0.05, 0.1) is 23.6 Å². The van der Waals surface area contributed by atoms with Crippen molar-refractivity contribution in [2.45, 2.75) is 6.54 Å². The number of benzene rings is 1. The first kappa shape index (κ1) is 10.9. The minimum Gasteiger partial charge on any atom is -0.382 e. The molecule has 1 N–H and O–H groups in total. The summed E-state index contributed by atoms with van der Waals surface area (Å²) >= 11 is 1.68. The zero-order valence-corrected chi connectivity index (χ0v) is 11.2. The highest BCUT2D eigenvalue weighted by Crippen LogP contribution is 2.29. The molecular weight excluding hydrogens is 256 g/mol. The summed E-state index contributed by atoms with van der Waals surface area (Å²) in [7, 11) is 0. The van der Waals surface area contributed by atoms with E-state index in [1.165, 1.54) is 11.4 Å². The van der Waals surface area contributed by atoms with Crippen molar-refractivity contribution < 1.29 is 0 Å². The summed E-state index contributed by atoms with van der Waals surface area (Å²) in [5.41, 5.74) is 3.61. The molecule has 3 aromatic rings. The fourth-order valence-electron chi connectivity index (χ4n) is 2.56. The zero-order valence-electron chi connectivity index (χ0n) is 10.4. The Kier molecular flexibility index (Phi) is 2.45. The normalized spacial score (nSPS) is 14.4. The van der Waals surface area contributed by atoms with E-state index < -0.39 is 0 Å². The third kappa shape index (κ3) is 1.86. The molecule has 5 heteroatoms. The number of fused-ring (bicyclic) bond motifs is 2. The number of thiazole rings is 1. The number of hydrogen-bond donors (Lipinski definition) is 1. The van der Waals surface area contributed by atoms with Gasteiger partial charge in [0.1, 0.15) is 0 Å². The highest BCUT2D eigenvalue weighted by atomic mass is 32.1. The van der Waals surface area contributed by atoms with Gasteiger partial charge in [-0.15, -0.1) is 11.3 Å². The van der Waals surface area contributed by atoms with Crippen molar-refractivity contribution in [3.05, 3.63) is 47.7 Å². The molecule has 19 heavy (non-hydrogen) atoms. The van der Waals surface area contributed by atoms with Crippen LogP contribution in [0.5, 0.6) is 0 Å². The number of rotatable bonds is 2. The number of aromatic nitrogens is 2. The highest BCUT2D eigenvalue weighted by Gasteiger charge is 2.17. The quantitative estimate of drug-likeness (QED) is 0.777. The van der Waals surface area contributed by atoms with E-state index in [4.69, 9.17) is 0 Å². The van der Waals surface area contributed by atoms with Crippen LogP contribution >= 0.6 is 11.3 Å². The average Bonchev–Trinajstić information content (AvgIpc) is 3.00. The van der Waals surface area contributed by atoms with Crippen LogP contribution in [0, 0.1) is 0 Å². The van der Waals surface area contributed by atoms with Crippen molar-refractivity contribution in [1.29, 1.82) is 0 Å². The lowest BCUT2D eigenvalue weighted by atomic mass is 10.2. The lowest BCUT2D eigenvalue weighted by Crippen LogP contribution is -2.33. The van der Waals surface area contributed by atoms with Gasteiger partial charge in [-0.2, -0.15) is 0 Å². The van der Waals surface area contributed by atoms with Gasteiger partial charge in [-0.1, -0.05) is 12.1 Å². The van der Waals surface area contributed by atoms with E-state index in [0.29, 0.717) is 0 Å². The predicted octanol–water partition coefficient (Wildman–Crippen LogP) is 2.83. The van der Waals surface area contributed by atoms with Crippen LogP contribution in [-0.2, 0) is 6.54 Å². The van der Waals surface area contributed by atoms with E-state index in [0.717, 1.165) is 30.3 Å². The molecule has 0 saturated carbocycles. The summed E-state index contributed by atoms with van der Waals surface area (Å²) < 4.78 is 2.09. The molecule has 96 valence electrons. The van der Waals surface area contributed by atoms with Crippen LogP contribution < -0.4 is 10.2 Å². The number of para-hydroxylation sites is 2. The van der Waals surface area contributed by atoms with Gasteiger partial charge < -0.3 is 10.2 Å². The van der Waals surface area contributed by atoms with Gasteiger partial charge in [-0.05, 0) is 12.1 Å². The lowest BCUT2D eigenvalue weighted by molar-refractivity contribution is 0.775. The third-order valence-corrected chi connectivity index (χ3v) is 4.21. The van der Waals surface area contributed by atoms with E-state index in [9.17, 15) is 0 Å². The van der Waals surface area contributed by atoms with Crippen molar-refractivity contribution in [1.82, 2.24) is 9.38 Å². The van der Waals surface area contributed by atoms with E-state index in [-0.39, 0.29) is 0 Å². The van der Waals surface area contributed by atoms with Crippen LogP contribution in [0.4, 0.5) is 11.4 Å². The summed E-state index contributed by atoms with van der Waals surface area (Å²) in [4.78, 5) is 8.11. The summed E-state index contributed by atoms with van der Waals surface area (Å²) in [5.74, 6) is 0. The Morgan fingerprint density at radius 1 is 1.32 bits per heavy atom. The number of imidazole rings is 1. The van der Waals surface area contributed by atoms with Crippen LogP contribution in [0.2, 0.25) is 0 Å². The molecule has 0 bridgehead atoms. The molecule has 4 nitrogen and oxygen atoms in total. The van der Waals surface area contributed by atoms with Gasteiger partial charge in [0.25, 0.3) is 0 Å². The van der Waals surface area contributed by atoms with Gasteiger partial charge in [0, 0.05) is 30.9 Å². The predicted molar refractivity (Wildman–Crippen MR) is 79.1 cm³/mol. The monoisotopic (exact) mass is 270 g/mol. The number of hydrogen-bond acceptors (Lipinski definition) is 4. The minimum absolute atomic E-state index is 0.868. The standard InChI is InChI=1S/C14H14N4S/c1-2-4-13-12(3-1)15-5-6-17(13)9-11-10-18-7-8-19-14(18)16-11/h1-4,7-8,10,15H,5-6,9H2. The number of nitrogens with zero attached hydrogens (tertiary/aromatic N) is 3. The molecule has 2 aromatic heterocycles. The lowest BCUT2D eigenvalue weighted by Gasteiger charge is -2.31. The van der Waals surface area contributed by atoms with Crippen molar-refractivity contribution in [2.24, 2.45) is 0 Å². The maximum Gasteiger partial charge on any atom is 0.193 e. The van der Waals surface area contributed by atoms with Crippen LogP contribution in [0.3, 0.4) is 0 Å². The first-order chi connectivity index (χ1) is 9.40. The molecule has 0 aliphatic carbocycles. The molecule has 0 spiro atoms. The Balaban J connectivity index is 1.65. The van der Waals surface area contributed by atoms with Crippen LogP contribution in [0.15, 0.2) is 42.0 Å². The topological polar surface area (TPSA) is 32.6 Å². The van der Waals surface area contributed by atoms with E-state index in [1.807, 2.05) is 0 Å². The zero-order chi connectivity index (χ0) is 12.7. The third-order valence-electron chi connectivity index (χ3n) is 3.44. The second-order valence-corrected chi connectivity index (χ2v) is 5.56. The Hall–Kier alpha value is -2.01. The maximum atomic E-state index is 4.66. The molecule has 3 heterocycles. The van der Waals surface area contributed by atoms with E-state index in [1.54, 1.807) is 11.3 Å². The van der Waals surface area contributed by atoms with Gasteiger partial charge in [0.15, 0.2) is 4.96 Å². The molecule has 0 atom stereocenters. The average molecular weight is 270 g/mol. The minimum atomic E-state index is 0.868. The second-order valence-electron chi connectivity index (χ2n) is 4.69. The van der Waals surface area contributed by atoms with Gasteiger partial charge in [0.2, 0.25) is 0 Å². The Morgan fingerprint density at radius 2 is 2.26 bits per heavy atom. The summed E-state index contributed by atoms with van der Waals surface area (Å²) in [6.45, 7) is 2.87. The Morgan fingerprint density at radius 3 is 3.21 bits per heavy atom. The van der Waals surface area contributed by atoms with Crippen molar-refractivity contribution in [3.63, 3.8) is 0 Å². The maximum absolute atomic E-state index is 4.66. The molecular formula is C14H14N4S. The molecule has 0 radical (unpaired) electrons. The summed E-state index contributed by atoms with van der Waals surface area (Å²) in [6.07, 6.45) is 4.18. The molecule has 0 fully saturated rings. The van der Waals surface area contributed by atoms with Crippen LogP contribution in [0.25, 0.3) is 4.96 Å². The fraction of sp³-hybridized carbons (Fsp3) is 0.214. The van der Waals surface area contributed by atoms with Gasteiger partial charge in [-0.25, -0.2) is 4.98 Å². The molecule has 0 unspecified atom stereocenters. The SMILES string of the molecule is c1ccc2c(c1)NCCN2Cc1cn2ccsc2n1. The summed E-state index contributed by atoms with van der Waals surface area (Å²) in [5, 5.41) is 5.50.